The van der Waals surface area contributed by atoms with E-state index >= 15 is 0 Å². The summed E-state index contributed by atoms with van der Waals surface area (Å²) in [6.07, 6.45) is 10.9. The largest absolute Gasteiger partial charge is 2.00 e. The molecule has 3 heteroatoms. The second-order valence-electron chi connectivity index (χ2n) is 13.1. The average Bonchev–Trinajstić information content (AvgIpc) is 3.59. The quantitative estimate of drug-likeness (QED) is 0.190. The molecule has 0 heterocycles. The molecule has 41 heavy (non-hydrogen) atoms. The van der Waals surface area contributed by atoms with Crippen molar-refractivity contribution in [2.75, 3.05) is 0 Å². The minimum Gasteiger partial charge on any atom is -0.508 e. The van der Waals surface area contributed by atoms with Gasteiger partial charge in [-0.1, -0.05) is 129 Å². The summed E-state index contributed by atoms with van der Waals surface area (Å²) in [4.78, 5) is 0. The maximum Gasteiger partial charge on any atom is 2.00 e. The summed E-state index contributed by atoms with van der Waals surface area (Å²) in [5.41, 5.74) is 8.46. The summed E-state index contributed by atoms with van der Waals surface area (Å²) in [6, 6.07) is 28.3. The first kappa shape index (κ1) is 34.8. The Kier molecular flexibility index (Phi) is 13.9. The Morgan fingerprint density at radius 2 is 0.854 bits per heavy atom. The number of fused-ring (bicyclic) bond motifs is 2. The molecule has 218 valence electrons. The fourth-order valence-corrected chi connectivity index (χ4v) is 5.44. The van der Waals surface area contributed by atoms with Crippen molar-refractivity contribution >= 4 is 0 Å². The second kappa shape index (κ2) is 16.3. The van der Waals surface area contributed by atoms with Gasteiger partial charge in [0.25, 0.3) is 0 Å². The Morgan fingerprint density at radius 1 is 0.512 bits per heavy atom. The molecule has 0 radical (unpaired) electrons. The normalized spacial score (nSPS) is 13.8. The van der Waals surface area contributed by atoms with Gasteiger partial charge >= 0.3 is 26.2 Å². The van der Waals surface area contributed by atoms with Crippen LogP contribution < -0.4 is 0 Å². The van der Waals surface area contributed by atoms with Gasteiger partial charge in [-0.25, -0.2) is 12.1 Å². The van der Waals surface area contributed by atoms with Crippen molar-refractivity contribution < 1.29 is 36.4 Å². The molecule has 2 nitrogen and oxygen atoms in total. The summed E-state index contributed by atoms with van der Waals surface area (Å²) in [6.45, 7) is 12.5. The Labute approximate surface area is 268 Å². The monoisotopic (exact) mass is 628 g/mol. The minimum atomic E-state index is 0. The summed E-state index contributed by atoms with van der Waals surface area (Å²) >= 11 is 0. The van der Waals surface area contributed by atoms with Crippen LogP contribution in [0.5, 0.6) is 11.5 Å². The summed E-state index contributed by atoms with van der Waals surface area (Å²) in [7, 11) is 0. The van der Waals surface area contributed by atoms with E-state index in [1.807, 2.05) is 36.4 Å². The first-order chi connectivity index (χ1) is 19.0. The smallest absolute Gasteiger partial charge is 0.508 e. The molecule has 6 rings (SSSR count). The molecule has 0 bridgehead atoms. The van der Waals surface area contributed by atoms with Crippen molar-refractivity contribution in [1.82, 2.24) is 0 Å². The maximum absolute atomic E-state index is 9.45. The van der Waals surface area contributed by atoms with Crippen molar-refractivity contribution in [3.8, 4) is 11.5 Å². The van der Waals surface area contributed by atoms with Crippen LogP contribution in [-0.2, 0) is 62.7 Å². The average molecular weight is 630 g/mol. The van der Waals surface area contributed by atoms with Gasteiger partial charge in [0, 0.05) is 0 Å². The number of aryl methyl sites for hydroxylation is 4. The van der Waals surface area contributed by atoms with E-state index in [2.05, 4.69) is 77.9 Å². The van der Waals surface area contributed by atoms with Crippen LogP contribution in [-0.4, -0.2) is 10.2 Å². The molecule has 2 aliphatic carbocycles. The first-order valence-electron chi connectivity index (χ1n) is 15.0. The first-order valence-corrected chi connectivity index (χ1v) is 15.0. The molecule has 0 aromatic heterocycles. The van der Waals surface area contributed by atoms with Gasteiger partial charge in [0.05, 0.1) is 0 Å². The van der Waals surface area contributed by atoms with E-state index in [0.29, 0.717) is 11.5 Å². The fourth-order valence-electron chi connectivity index (χ4n) is 5.44. The van der Waals surface area contributed by atoms with Gasteiger partial charge in [-0.05, 0) is 34.1 Å². The van der Waals surface area contributed by atoms with Crippen LogP contribution in [0.25, 0.3) is 0 Å². The van der Waals surface area contributed by atoms with E-state index in [1.54, 1.807) is 34.4 Å². The van der Waals surface area contributed by atoms with Crippen molar-refractivity contribution in [2.45, 2.75) is 104 Å². The summed E-state index contributed by atoms with van der Waals surface area (Å²) in [5.74, 6) is 0.778. The molecule has 0 unspecified atom stereocenters. The fraction of sp³-hybridized carbons (Fsp3) is 0.421. The molecule has 4 aromatic carbocycles. The van der Waals surface area contributed by atoms with E-state index < -0.39 is 0 Å². The molecule has 0 amide bonds. The Bertz CT molecular complexity index is 1150. The van der Waals surface area contributed by atoms with Gasteiger partial charge in [-0.15, -0.1) is 0 Å². The molecular weight excluding hydrogens is 580 g/mol. The van der Waals surface area contributed by atoms with Crippen LogP contribution in [0.3, 0.4) is 0 Å². The van der Waals surface area contributed by atoms with Crippen molar-refractivity contribution in [2.24, 2.45) is 0 Å². The van der Waals surface area contributed by atoms with Crippen molar-refractivity contribution in [3.05, 3.63) is 118 Å². The van der Waals surface area contributed by atoms with Crippen LogP contribution in [0.2, 0.25) is 0 Å². The van der Waals surface area contributed by atoms with Crippen LogP contribution in [0.1, 0.15) is 101 Å². The van der Waals surface area contributed by atoms with Gasteiger partial charge in [-0.3, -0.25) is 0 Å². The standard InChI is InChI=1S/2C10H14O.2C9H11.Zr/c2*1-10(2,3)8-6-4-5-7-9(8)11;2*1-2-5-9-7-3-6-8(9)4-1;/h2*4-7,11H,1-3H3;2*3,6-7H,1-2,4-5H2;/q;;2*-1;+2. The number of phenolic OH excluding ortho intramolecular Hbond substituents is 2. The summed E-state index contributed by atoms with van der Waals surface area (Å²) in [5, 5.41) is 18.9. The third-order valence-corrected chi connectivity index (χ3v) is 7.72. The van der Waals surface area contributed by atoms with Gasteiger partial charge in [-0.2, -0.15) is 46.5 Å². The van der Waals surface area contributed by atoms with E-state index in [0.717, 1.165) is 11.1 Å². The van der Waals surface area contributed by atoms with Gasteiger partial charge in [0.1, 0.15) is 11.5 Å². The van der Waals surface area contributed by atoms with E-state index in [4.69, 9.17) is 0 Å². The van der Waals surface area contributed by atoms with E-state index in [9.17, 15) is 10.2 Å². The molecule has 4 aromatic rings. The second-order valence-corrected chi connectivity index (χ2v) is 13.1. The molecule has 0 fully saturated rings. The van der Waals surface area contributed by atoms with E-state index in [-0.39, 0.29) is 37.0 Å². The topological polar surface area (TPSA) is 40.5 Å². The van der Waals surface area contributed by atoms with Gasteiger partial charge < -0.3 is 10.2 Å². The minimum absolute atomic E-state index is 0. The third-order valence-electron chi connectivity index (χ3n) is 7.72. The Morgan fingerprint density at radius 3 is 1.15 bits per heavy atom. The SMILES string of the molecule is CC(C)(C)c1ccccc1O.CC(C)(C)c1ccccc1O.[Zr+2].c1cc2c([cH-]1)CCCC2.c1cc2c([cH-]1)CCCC2. The number of aromatic hydroxyl groups is 2. The Hall–Kier alpha value is -2.38. The number of hydrogen-bond acceptors (Lipinski definition) is 2. The maximum atomic E-state index is 9.45. The van der Waals surface area contributed by atoms with E-state index in [1.165, 1.54) is 51.4 Å². The van der Waals surface area contributed by atoms with Crippen LogP contribution >= 0.6 is 0 Å². The predicted octanol–water partition coefficient (Wildman–Crippen LogP) is 9.95. The molecule has 0 saturated heterocycles. The van der Waals surface area contributed by atoms with Gasteiger partial charge in [0.15, 0.2) is 0 Å². The van der Waals surface area contributed by atoms with Crippen LogP contribution in [0, 0.1) is 0 Å². The van der Waals surface area contributed by atoms with Crippen LogP contribution in [0.15, 0.2) is 84.9 Å². The molecule has 0 saturated carbocycles. The predicted molar refractivity (Wildman–Crippen MR) is 171 cm³/mol. The molecule has 0 aliphatic heterocycles. The number of phenols is 2. The molecule has 2 aliphatic rings. The molecule has 0 atom stereocenters. The van der Waals surface area contributed by atoms with Crippen molar-refractivity contribution in [3.63, 3.8) is 0 Å². The molecular formula is C38H50O2Zr. The van der Waals surface area contributed by atoms with Crippen LogP contribution in [0.4, 0.5) is 0 Å². The zero-order valence-corrected chi connectivity index (χ0v) is 28.6. The molecule has 2 N–H and O–H groups in total. The third kappa shape index (κ3) is 11.1. The number of benzene rings is 2. The summed E-state index contributed by atoms with van der Waals surface area (Å²) < 4.78 is 0. The zero-order chi connectivity index (χ0) is 29.2. The van der Waals surface area contributed by atoms with Gasteiger partial charge in [0.2, 0.25) is 0 Å². The number of para-hydroxylation sites is 2. The number of rotatable bonds is 0. The zero-order valence-electron chi connectivity index (χ0n) is 26.1. The number of hydrogen-bond donors (Lipinski definition) is 2. The molecule has 0 spiro atoms. The van der Waals surface area contributed by atoms with Crippen molar-refractivity contribution in [1.29, 1.82) is 0 Å². The Balaban J connectivity index is 0.000000190.